The average molecular weight is 625 g/mol. The van der Waals surface area contributed by atoms with Gasteiger partial charge in [0.15, 0.2) is 5.03 Å². The number of para-hydroxylation sites is 1. The molecule has 0 radical (unpaired) electrons. The molecule has 8 nitrogen and oxygen atoms in total. The Hall–Kier alpha value is -4.15. The lowest BCUT2D eigenvalue weighted by Crippen LogP contribution is -2.48. The first-order valence-electron chi connectivity index (χ1n) is 15.3. The Labute approximate surface area is 265 Å². The molecule has 234 valence electrons. The van der Waals surface area contributed by atoms with E-state index in [9.17, 15) is 18.6 Å². The van der Waals surface area contributed by atoms with Crippen molar-refractivity contribution in [2.75, 3.05) is 46.8 Å². The number of aromatic nitrogens is 1. The number of benzene rings is 4. The van der Waals surface area contributed by atoms with Gasteiger partial charge in [0, 0.05) is 68.2 Å². The minimum Gasteiger partial charge on any atom is -0.508 e. The molecule has 0 aliphatic carbocycles. The van der Waals surface area contributed by atoms with Crippen molar-refractivity contribution >= 4 is 20.9 Å². The van der Waals surface area contributed by atoms with E-state index < -0.39 is 15.9 Å². The van der Waals surface area contributed by atoms with Gasteiger partial charge < -0.3 is 19.7 Å². The van der Waals surface area contributed by atoms with Gasteiger partial charge in [0.2, 0.25) is 0 Å². The second-order valence-corrected chi connectivity index (χ2v) is 13.8. The zero-order chi connectivity index (χ0) is 31.6. The molecule has 1 aromatic heterocycles. The Kier molecular flexibility index (Phi) is 8.96. The predicted octanol–water partition coefficient (Wildman–Crippen LogP) is 5.30. The Bertz CT molecular complexity index is 1800. The number of likely N-dealkylation sites (N-methyl/N-ethyl adjacent to an activating group) is 1. The number of phenols is 2. The van der Waals surface area contributed by atoms with Crippen molar-refractivity contribution in [2.45, 2.75) is 24.0 Å². The van der Waals surface area contributed by atoms with Crippen LogP contribution in [0.3, 0.4) is 0 Å². The maximum absolute atomic E-state index is 15.0. The van der Waals surface area contributed by atoms with Gasteiger partial charge in [-0.05, 0) is 61.1 Å². The molecule has 0 spiro atoms. The molecular weight excluding hydrogens is 584 g/mol. The number of piperazine rings is 1. The predicted molar refractivity (Wildman–Crippen MR) is 178 cm³/mol. The van der Waals surface area contributed by atoms with E-state index in [0.717, 1.165) is 28.6 Å². The third kappa shape index (κ3) is 6.48. The Balaban J connectivity index is 1.50. The second-order valence-electron chi connectivity index (χ2n) is 12.0. The quantitative estimate of drug-likeness (QED) is 0.219. The van der Waals surface area contributed by atoms with Crippen molar-refractivity contribution in [1.82, 2.24) is 18.7 Å². The lowest BCUT2D eigenvalue weighted by atomic mass is 9.85. The minimum absolute atomic E-state index is 0.137. The normalized spacial score (nSPS) is 14.9. The minimum atomic E-state index is -3.95. The van der Waals surface area contributed by atoms with Crippen LogP contribution in [-0.4, -0.2) is 84.1 Å². The van der Waals surface area contributed by atoms with Crippen molar-refractivity contribution in [1.29, 1.82) is 0 Å². The maximum atomic E-state index is 15.0. The van der Waals surface area contributed by atoms with Gasteiger partial charge in [0.05, 0.1) is 0 Å². The van der Waals surface area contributed by atoms with Crippen LogP contribution in [0.4, 0.5) is 0 Å². The maximum Gasteiger partial charge on any atom is 0.259 e. The fraction of sp³-hybridized carbons (Fsp3) is 0.278. The standard InChI is InChI=1S/C36H40N4O4S/c1-37(2)20-25-40-33-11-7-6-10-32(33)35(34(28-12-16-30(41)17-13-28)29-14-18-31(42)19-15-29)36(40)45(43,44)39-23-21-38(22-24-39)26-27-8-4-3-5-9-27/h3-19,34,41-42H,20-26H2,1-2H3. The highest BCUT2D eigenvalue weighted by Crippen LogP contribution is 2.43. The third-order valence-electron chi connectivity index (χ3n) is 8.64. The van der Waals surface area contributed by atoms with E-state index in [1.54, 1.807) is 28.6 Å². The largest absolute Gasteiger partial charge is 0.508 e. The number of sulfonamides is 1. The van der Waals surface area contributed by atoms with Crippen molar-refractivity contribution in [3.8, 4) is 11.5 Å². The van der Waals surface area contributed by atoms with E-state index >= 15 is 0 Å². The van der Waals surface area contributed by atoms with Gasteiger partial charge in [0.25, 0.3) is 10.0 Å². The van der Waals surface area contributed by atoms with Gasteiger partial charge in [-0.15, -0.1) is 0 Å². The average Bonchev–Trinajstić information content (AvgIpc) is 3.37. The third-order valence-corrected chi connectivity index (χ3v) is 10.6. The lowest BCUT2D eigenvalue weighted by Gasteiger charge is -2.34. The first-order chi connectivity index (χ1) is 21.7. The first kappa shape index (κ1) is 30.9. The van der Waals surface area contributed by atoms with E-state index in [2.05, 4.69) is 21.9 Å². The molecule has 0 saturated carbocycles. The molecule has 4 aromatic carbocycles. The molecule has 0 amide bonds. The summed E-state index contributed by atoms with van der Waals surface area (Å²) in [6.07, 6.45) is 0. The van der Waals surface area contributed by atoms with Crippen molar-refractivity contribution in [3.05, 3.63) is 125 Å². The van der Waals surface area contributed by atoms with Crippen LogP contribution in [0, 0.1) is 0 Å². The summed E-state index contributed by atoms with van der Waals surface area (Å²) in [7, 11) is 0.0227. The van der Waals surface area contributed by atoms with Gasteiger partial charge in [-0.3, -0.25) is 4.90 Å². The van der Waals surface area contributed by atoms with E-state index in [1.165, 1.54) is 5.56 Å². The summed E-state index contributed by atoms with van der Waals surface area (Å²) in [5.41, 5.74) is 4.47. The molecule has 1 aliphatic heterocycles. The number of rotatable bonds is 10. The molecular formula is C36H40N4O4S. The number of hydrogen-bond donors (Lipinski definition) is 2. The smallest absolute Gasteiger partial charge is 0.259 e. The van der Waals surface area contributed by atoms with E-state index in [1.807, 2.05) is 85.4 Å². The molecule has 9 heteroatoms. The van der Waals surface area contributed by atoms with Crippen LogP contribution in [0.25, 0.3) is 10.9 Å². The van der Waals surface area contributed by atoms with Crippen LogP contribution in [0.5, 0.6) is 11.5 Å². The van der Waals surface area contributed by atoms with Gasteiger partial charge in [0.1, 0.15) is 11.5 Å². The van der Waals surface area contributed by atoms with Crippen LogP contribution < -0.4 is 0 Å². The number of fused-ring (bicyclic) bond motifs is 1. The topological polar surface area (TPSA) is 89.3 Å². The Morgan fingerprint density at radius 1 is 0.733 bits per heavy atom. The summed E-state index contributed by atoms with van der Waals surface area (Å²) in [6, 6.07) is 32.1. The fourth-order valence-corrected chi connectivity index (χ4v) is 8.20. The molecule has 2 heterocycles. The summed E-state index contributed by atoms with van der Waals surface area (Å²) in [5.74, 6) is -0.198. The molecule has 0 unspecified atom stereocenters. The molecule has 5 aromatic rings. The van der Waals surface area contributed by atoms with Crippen LogP contribution in [0.1, 0.15) is 28.2 Å². The number of nitrogens with zero attached hydrogens (tertiary/aromatic N) is 4. The highest BCUT2D eigenvalue weighted by atomic mass is 32.2. The van der Waals surface area contributed by atoms with Crippen LogP contribution in [0.15, 0.2) is 108 Å². The fourth-order valence-electron chi connectivity index (χ4n) is 6.34. The van der Waals surface area contributed by atoms with Crippen molar-refractivity contribution in [2.24, 2.45) is 0 Å². The zero-order valence-corrected chi connectivity index (χ0v) is 26.6. The molecule has 2 N–H and O–H groups in total. The summed E-state index contributed by atoms with van der Waals surface area (Å²) in [6.45, 7) is 4.01. The van der Waals surface area contributed by atoms with E-state index in [4.69, 9.17) is 0 Å². The SMILES string of the molecule is CN(C)CCn1c(S(=O)(=O)N2CCN(Cc3ccccc3)CC2)c(C(c2ccc(O)cc2)c2ccc(O)cc2)c2ccccc21. The van der Waals surface area contributed by atoms with E-state index in [-0.39, 0.29) is 11.5 Å². The van der Waals surface area contributed by atoms with Gasteiger partial charge in [-0.1, -0.05) is 72.8 Å². The van der Waals surface area contributed by atoms with E-state index in [0.29, 0.717) is 49.9 Å². The molecule has 1 aliphatic rings. The summed E-state index contributed by atoms with van der Waals surface area (Å²) in [5, 5.41) is 21.4. The Morgan fingerprint density at radius 3 is 1.87 bits per heavy atom. The number of hydrogen-bond acceptors (Lipinski definition) is 6. The van der Waals surface area contributed by atoms with Crippen molar-refractivity contribution < 1.29 is 18.6 Å². The highest BCUT2D eigenvalue weighted by Gasteiger charge is 2.38. The second kappa shape index (κ2) is 13.1. The van der Waals surface area contributed by atoms with Crippen LogP contribution >= 0.6 is 0 Å². The number of aromatic hydroxyl groups is 2. The molecule has 1 saturated heterocycles. The first-order valence-corrected chi connectivity index (χ1v) is 16.8. The van der Waals surface area contributed by atoms with Gasteiger partial charge in [-0.2, -0.15) is 4.31 Å². The zero-order valence-electron chi connectivity index (χ0n) is 25.8. The Morgan fingerprint density at radius 2 is 1.29 bits per heavy atom. The molecule has 0 bridgehead atoms. The summed E-state index contributed by atoms with van der Waals surface area (Å²) < 4.78 is 33.6. The van der Waals surface area contributed by atoms with Crippen LogP contribution in [0.2, 0.25) is 0 Å². The monoisotopic (exact) mass is 624 g/mol. The summed E-state index contributed by atoms with van der Waals surface area (Å²) in [4.78, 5) is 4.37. The van der Waals surface area contributed by atoms with Crippen LogP contribution in [-0.2, 0) is 23.1 Å². The van der Waals surface area contributed by atoms with Crippen molar-refractivity contribution in [3.63, 3.8) is 0 Å². The lowest BCUT2D eigenvalue weighted by molar-refractivity contribution is 0.181. The molecule has 0 atom stereocenters. The van der Waals surface area contributed by atoms with Gasteiger partial charge in [-0.25, -0.2) is 8.42 Å². The van der Waals surface area contributed by atoms with Gasteiger partial charge >= 0.3 is 0 Å². The number of phenolic OH excluding ortho intramolecular Hbond substituents is 2. The molecule has 45 heavy (non-hydrogen) atoms. The molecule has 6 rings (SSSR count). The molecule has 1 fully saturated rings. The highest BCUT2D eigenvalue weighted by molar-refractivity contribution is 7.89. The summed E-state index contributed by atoms with van der Waals surface area (Å²) >= 11 is 0.